The number of hydrogen-bond donors (Lipinski definition) is 2. The fraction of sp³-hybridized carbons (Fsp3) is 0.190. The first kappa shape index (κ1) is 18.4. The number of carbonyl (C=O) groups is 2. The molecule has 0 bridgehead atoms. The quantitative estimate of drug-likeness (QED) is 0.662. The third-order valence-corrected chi connectivity index (χ3v) is 4.12. The largest absolute Gasteiger partial charge is 0.350 e. The number of aromatic nitrogens is 2. The van der Waals surface area contributed by atoms with E-state index in [-0.39, 0.29) is 11.8 Å². The molecular weight excluding hydrogens is 340 g/mol. The number of aryl methyl sites for hydroxylation is 2. The minimum absolute atomic E-state index is 0.154. The number of nitrogens with one attached hydrogen (secondary N) is 2. The molecule has 2 amide bonds. The van der Waals surface area contributed by atoms with Crippen molar-refractivity contribution in [2.24, 2.45) is 0 Å². The van der Waals surface area contributed by atoms with Crippen LogP contribution in [0.15, 0.2) is 60.7 Å². The van der Waals surface area contributed by atoms with E-state index in [1.54, 1.807) is 24.3 Å². The summed E-state index contributed by atoms with van der Waals surface area (Å²) in [4.78, 5) is 24.2. The van der Waals surface area contributed by atoms with Crippen LogP contribution >= 0.6 is 0 Å². The zero-order valence-electron chi connectivity index (χ0n) is 15.4. The average Bonchev–Trinajstić information content (AvgIpc) is 3.03. The van der Waals surface area contributed by atoms with Gasteiger partial charge in [-0.1, -0.05) is 18.2 Å². The number of rotatable bonds is 6. The lowest BCUT2D eigenvalue weighted by atomic mass is 10.2. The van der Waals surface area contributed by atoms with Crippen LogP contribution in [0, 0.1) is 13.8 Å². The van der Waals surface area contributed by atoms with Crippen LogP contribution in [0.2, 0.25) is 0 Å². The molecule has 0 aliphatic carbocycles. The normalized spacial score (nSPS) is 10.4. The van der Waals surface area contributed by atoms with Crippen molar-refractivity contribution in [3.63, 3.8) is 0 Å². The number of hydrogen-bond acceptors (Lipinski definition) is 3. The molecule has 2 aromatic carbocycles. The highest BCUT2D eigenvalue weighted by Crippen LogP contribution is 2.13. The lowest BCUT2D eigenvalue weighted by molar-refractivity contribution is 0.0927. The van der Waals surface area contributed by atoms with Gasteiger partial charge in [0.05, 0.1) is 11.4 Å². The van der Waals surface area contributed by atoms with Crippen molar-refractivity contribution >= 4 is 11.8 Å². The van der Waals surface area contributed by atoms with Crippen molar-refractivity contribution in [1.82, 2.24) is 20.4 Å². The molecule has 0 unspecified atom stereocenters. The van der Waals surface area contributed by atoms with Crippen molar-refractivity contribution in [2.75, 3.05) is 13.1 Å². The molecule has 3 aromatic rings. The second-order valence-electron chi connectivity index (χ2n) is 6.26. The fourth-order valence-corrected chi connectivity index (χ4v) is 2.79. The standard InChI is InChI=1S/C21H22N4O2/c1-15-14-16(2)25(24-15)19-10-8-18(9-11-19)21(27)23-13-12-22-20(26)17-6-4-3-5-7-17/h3-11,14H,12-13H2,1-2H3,(H,22,26)(H,23,27). The molecule has 1 heterocycles. The molecule has 0 spiro atoms. The van der Waals surface area contributed by atoms with E-state index < -0.39 is 0 Å². The zero-order chi connectivity index (χ0) is 19.2. The first-order valence-corrected chi connectivity index (χ1v) is 8.80. The van der Waals surface area contributed by atoms with Crippen LogP contribution in [-0.4, -0.2) is 34.7 Å². The molecule has 27 heavy (non-hydrogen) atoms. The van der Waals surface area contributed by atoms with Gasteiger partial charge in [0.25, 0.3) is 11.8 Å². The molecular formula is C21H22N4O2. The first-order valence-electron chi connectivity index (χ1n) is 8.80. The van der Waals surface area contributed by atoms with E-state index in [1.807, 2.05) is 54.9 Å². The first-order chi connectivity index (χ1) is 13.0. The van der Waals surface area contributed by atoms with Crippen molar-refractivity contribution in [3.05, 3.63) is 83.2 Å². The summed E-state index contributed by atoms with van der Waals surface area (Å²) in [5.74, 6) is -0.331. The Kier molecular flexibility index (Phi) is 5.66. The molecule has 2 N–H and O–H groups in total. The summed E-state index contributed by atoms with van der Waals surface area (Å²) in [5, 5.41) is 10.0. The monoisotopic (exact) mass is 362 g/mol. The van der Waals surface area contributed by atoms with E-state index in [4.69, 9.17) is 0 Å². The van der Waals surface area contributed by atoms with Crippen molar-refractivity contribution in [1.29, 1.82) is 0 Å². The number of carbonyl (C=O) groups excluding carboxylic acids is 2. The van der Waals surface area contributed by atoms with E-state index in [2.05, 4.69) is 15.7 Å². The Bertz CT molecular complexity index is 931. The Morgan fingerprint density at radius 3 is 1.93 bits per heavy atom. The van der Waals surface area contributed by atoms with Crippen LogP contribution in [0.1, 0.15) is 32.1 Å². The van der Waals surface area contributed by atoms with Crippen molar-refractivity contribution in [2.45, 2.75) is 13.8 Å². The number of nitrogens with zero attached hydrogens (tertiary/aromatic N) is 2. The zero-order valence-corrected chi connectivity index (χ0v) is 15.4. The van der Waals surface area contributed by atoms with Crippen molar-refractivity contribution < 1.29 is 9.59 Å². The summed E-state index contributed by atoms with van der Waals surface area (Å²) < 4.78 is 1.84. The fourth-order valence-electron chi connectivity index (χ4n) is 2.79. The minimum atomic E-state index is -0.177. The maximum atomic E-state index is 12.2. The summed E-state index contributed by atoms with van der Waals surface area (Å²) in [5.41, 5.74) is 4.07. The topological polar surface area (TPSA) is 76.0 Å². The average molecular weight is 362 g/mol. The smallest absolute Gasteiger partial charge is 0.251 e. The third kappa shape index (κ3) is 4.61. The highest BCUT2D eigenvalue weighted by Gasteiger charge is 2.08. The molecule has 1 aromatic heterocycles. The molecule has 0 aliphatic heterocycles. The van der Waals surface area contributed by atoms with Gasteiger partial charge in [-0.2, -0.15) is 5.10 Å². The summed E-state index contributed by atoms with van der Waals surface area (Å²) in [6.45, 7) is 4.66. The van der Waals surface area contributed by atoms with Gasteiger partial charge in [-0.25, -0.2) is 4.68 Å². The second kappa shape index (κ2) is 8.31. The Hall–Kier alpha value is -3.41. The predicted molar refractivity (Wildman–Crippen MR) is 104 cm³/mol. The predicted octanol–water partition coefficient (Wildman–Crippen LogP) is 2.65. The number of benzene rings is 2. The highest BCUT2D eigenvalue weighted by atomic mass is 16.2. The van der Waals surface area contributed by atoms with Gasteiger partial charge in [-0.05, 0) is 56.3 Å². The Balaban J connectivity index is 1.50. The molecule has 0 fully saturated rings. The van der Waals surface area contributed by atoms with E-state index >= 15 is 0 Å². The lowest BCUT2D eigenvalue weighted by Gasteiger charge is -2.08. The summed E-state index contributed by atoms with van der Waals surface area (Å²) >= 11 is 0. The van der Waals surface area contributed by atoms with Crippen LogP contribution in [0.25, 0.3) is 5.69 Å². The lowest BCUT2D eigenvalue weighted by Crippen LogP contribution is -2.34. The van der Waals surface area contributed by atoms with Gasteiger partial charge >= 0.3 is 0 Å². The Morgan fingerprint density at radius 1 is 0.852 bits per heavy atom. The number of amides is 2. The van der Waals surface area contributed by atoms with Gasteiger partial charge < -0.3 is 10.6 Å². The minimum Gasteiger partial charge on any atom is -0.350 e. The van der Waals surface area contributed by atoms with Crippen molar-refractivity contribution in [3.8, 4) is 5.69 Å². The van der Waals surface area contributed by atoms with Crippen LogP contribution in [0.4, 0.5) is 0 Å². The molecule has 0 saturated heterocycles. The van der Waals surface area contributed by atoms with Crippen LogP contribution < -0.4 is 10.6 Å². The van der Waals surface area contributed by atoms with Crippen LogP contribution in [0.3, 0.4) is 0 Å². The molecule has 0 saturated carbocycles. The summed E-state index contributed by atoms with van der Waals surface area (Å²) in [6.07, 6.45) is 0. The van der Waals surface area contributed by atoms with Gasteiger partial charge in [0.2, 0.25) is 0 Å². The third-order valence-electron chi connectivity index (χ3n) is 4.12. The molecule has 6 nitrogen and oxygen atoms in total. The molecule has 0 aliphatic rings. The maximum Gasteiger partial charge on any atom is 0.251 e. The molecule has 3 rings (SSSR count). The van der Waals surface area contributed by atoms with Gasteiger partial charge in [0, 0.05) is 29.9 Å². The summed E-state index contributed by atoms with van der Waals surface area (Å²) in [6, 6.07) is 18.3. The Labute approximate surface area is 158 Å². The molecule has 0 atom stereocenters. The molecule has 0 radical (unpaired) electrons. The molecule has 138 valence electrons. The highest BCUT2D eigenvalue weighted by molar-refractivity contribution is 5.95. The van der Waals surface area contributed by atoms with Crippen LogP contribution in [-0.2, 0) is 0 Å². The van der Waals surface area contributed by atoms with Gasteiger partial charge in [0.15, 0.2) is 0 Å². The van der Waals surface area contributed by atoms with E-state index in [1.165, 1.54) is 0 Å². The Morgan fingerprint density at radius 2 is 1.41 bits per heavy atom. The SMILES string of the molecule is Cc1cc(C)n(-c2ccc(C(=O)NCCNC(=O)c3ccccc3)cc2)n1. The van der Waals surface area contributed by atoms with E-state index in [0.29, 0.717) is 24.2 Å². The second-order valence-corrected chi connectivity index (χ2v) is 6.26. The maximum absolute atomic E-state index is 12.2. The van der Waals surface area contributed by atoms with Gasteiger partial charge in [0.1, 0.15) is 0 Å². The van der Waals surface area contributed by atoms with Gasteiger partial charge in [-0.15, -0.1) is 0 Å². The molecule has 6 heteroatoms. The summed E-state index contributed by atoms with van der Waals surface area (Å²) in [7, 11) is 0. The van der Waals surface area contributed by atoms with Gasteiger partial charge in [-0.3, -0.25) is 9.59 Å². The van der Waals surface area contributed by atoms with E-state index in [0.717, 1.165) is 17.1 Å². The van der Waals surface area contributed by atoms with E-state index in [9.17, 15) is 9.59 Å². The van der Waals surface area contributed by atoms with Crippen LogP contribution in [0.5, 0.6) is 0 Å².